The molecule has 1 aromatic carbocycles. The molecule has 0 unspecified atom stereocenters. The average molecular weight is 370 g/mol. The number of carbonyl (C=O) groups excluding carboxylic acids is 1. The van der Waals surface area contributed by atoms with E-state index in [9.17, 15) is 23.2 Å². The lowest BCUT2D eigenvalue weighted by molar-refractivity contribution is -0.141. The molecule has 0 fully saturated rings. The molecule has 0 atom stereocenters. The minimum atomic E-state index is -4.90. The van der Waals surface area contributed by atoms with Crippen molar-refractivity contribution in [1.29, 1.82) is 5.26 Å². The number of rotatable bonds is 4. The Balaban J connectivity index is 2.57. The van der Waals surface area contributed by atoms with Crippen LogP contribution in [-0.2, 0) is 10.9 Å². The van der Waals surface area contributed by atoms with E-state index in [4.69, 9.17) is 11.6 Å². The maximum atomic E-state index is 13.3. The molecule has 0 aliphatic heterocycles. The molecule has 0 aliphatic rings. The first-order valence-electron chi connectivity index (χ1n) is 6.98. The monoisotopic (exact) mass is 369 g/mol. The molecule has 2 rings (SSSR count). The van der Waals surface area contributed by atoms with Crippen LogP contribution < -0.4 is 5.32 Å². The summed E-state index contributed by atoms with van der Waals surface area (Å²) >= 11 is 5.82. The molecule has 1 aromatic heterocycles. The van der Waals surface area contributed by atoms with Crippen LogP contribution in [0.4, 0.5) is 24.7 Å². The Morgan fingerprint density at radius 1 is 1.40 bits per heavy atom. The van der Waals surface area contributed by atoms with Crippen molar-refractivity contribution in [1.82, 2.24) is 4.98 Å². The first kappa shape index (κ1) is 18.5. The van der Waals surface area contributed by atoms with Gasteiger partial charge in [-0.2, -0.15) is 18.4 Å². The van der Waals surface area contributed by atoms with Crippen molar-refractivity contribution in [2.24, 2.45) is 0 Å². The molecule has 0 bridgehead atoms. The smallest absolute Gasteiger partial charge is 0.434 e. The highest BCUT2D eigenvalue weighted by molar-refractivity contribution is 6.30. The minimum absolute atomic E-state index is 0.111. The fourth-order valence-electron chi connectivity index (χ4n) is 1.98. The van der Waals surface area contributed by atoms with E-state index in [1.807, 2.05) is 0 Å². The van der Waals surface area contributed by atoms with Gasteiger partial charge in [0.15, 0.2) is 5.69 Å². The van der Waals surface area contributed by atoms with Crippen LogP contribution in [0.2, 0.25) is 5.02 Å². The van der Waals surface area contributed by atoms with Gasteiger partial charge in [0.25, 0.3) is 0 Å². The molecule has 0 aliphatic carbocycles. The van der Waals surface area contributed by atoms with Gasteiger partial charge in [0.05, 0.1) is 17.7 Å². The summed E-state index contributed by atoms with van der Waals surface area (Å²) in [6.07, 6.45) is -4.90. The van der Waals surface area contributed by atoms with E-state index in [0.717, 1.165) is 6.07 Å². The zero-order valence-corrected chi connectivity index (χ0v) is 13.6. The third-order valence-corrected chi connectivity index (χ3v) is 3.23. The van der Waals surface area contributed by atoms with Crippen molar-refractivity contribution in [3.63, 3.8) is 0 Å². The van der Waals surface area contributed by atoms with Gasteiger partial charge in [0, 0.05) is 10.7 Å². The van der Waals surface area contributed by atoms with E-state index in [1.54, 1.807) is 24.3 Å². The molecule has 0 spiro atoms. The van der Waals surface area contributed by atoms with E-state index < -0.39 is 23.4 Å². The first-order valence-corrected chi connectivity index (χ1v) is 7.36. The largest absolute Gasteiger partial charge is 0.462 e. The highest BCUT2D eigenvalue weighted by Gasteiger charge is 2.39. The zero-order chi connectivity index (χ0) is 18.6. The van der Waals surface area contributed by atoms with Gasteiger partial charge in [-0.05, 0) is 31.2 Å². The first-order chi connectivity index (χ1) is 11.8. The molecule has 0 saturated carbocycles. The molecule has 130 valence electrons. The highest BCUT2D eigenvalue weighted by Crippen LogP contribution is 2.34. The van der Waals surface area contributed by atoms with Crippen LogP contribution in [-0.4, -0.2) is 17.6 Å². The number of aromatic nitrogens is 1. The fraction of sp³-hybridized carbons (Fsp3) is 0.188. The number of nitrogens with one attached hydrogen (secondary N) is 1. The van der Waals surface area contributed by atoms with Crippen LogP contribution in [0, 0.1) is 11.3 Å². The number of hydrogen-bond donors (Lipinski definition) is 1. The number of benzene rings is 1. The Hall–Kier alpha value is -2.79. The second-order valence-electron chi connectivity index (χ2n) is 4.75. The van der Waals surface area contributed by atoms with Gasteiger partial charge < -0.3 is 10.1 Å². The predicted octanol–water partition coefficient (Wildman–Crippen LogP) is 4.55. The van der Waals surface area contributed by atoms with Gasteiger partial charge in [-0.25, -0.2) is 9.78 Å². The summed E-state index contributed by atoms with van der Waals surface area (Å²) in [4.78, 5) is 15.2. The van der Waals surface area contributed by atoms with Crippen LogP contribution in [0.5, 0.6) is 0 Å². The Bertz CT molecular complexity index is 847. The van der Waals surface area contributed by atoms with E-state index >= 15 is 0 Å². The Labute approximate surface area is 146 Å². The lowest BCUT2D eigenvalue weighted by atomic mass is 10.1. The summed E-state index contributed by atoms with van der Waals surface area (Å²) in [6, 6.07) is 8.68. The molecule has 5 nitrogen and oxygen atoms in total. The zero-order valence-electron chi connectivity index (χ0n) is 12.8. The number of nitrogens with zero attached hydrogens (tertiary/aromatic N) is 2. The van der Waals surface area contributed by atoms with Gasteiger partial charge in [-0.15, -0.1) is 0 Å². The lowest BCUT2D eigenvalue weighted by Crippen LogP contribution is -2.19. The highest BCUT2D eigenvalue weighted by atomic mass is 35.5. The fourth-order valence-corrected chi connectivity index (χ4v) is 2.17. The van der Waals surface area contributed by atoms with Crippen molar-refractivity contribution in [3.8, 4) is 6.07 Å². The van der Waals surface area contributed by atoms with Crippen LogP contribution in [0.1, 0.15) is 28.5 Å². The maximum Gasteiger partial charge on any atom is 0.434 e. The molecule has 0 saturated heterocycles. The van der Waals surface area contributed by atoms with Gasteiger partial charge >= 0.3 is 12.1 Å². The summed E-state index contributed by atoms with van der Waals surface area (Å²) in [5, 5.41) is 12.1. The number of pyridine rings is 1. The maximum absolute atomic E-state index is 13.3. The molecule has 2 aromatic rings. The predicted molar refractivity (Wildman–Crippen MR) is 84.6 cm³/mol. The number of nitriles is 1. The lowest BCUT2D eigenvalue weighted by Gasteiger charge is -2.15. The molecule has 9 heteroatoms. The minimum Gasteiger partial charge on any atom is -0.462 e. The Kier molecular flexibility index (Phi) is 5.49. The van der Waals surface area contributed by atoms with Crippen molar-refractivity contribution in [2.45, 2.75) is 13.1 Å². The quantitative estimate of drug-likeness (QED) is 0.800. The Morgan fingerprint density at radius 3 is 2.68 bits per heavy atom. The summed E-state index contributed by atoms with van der Waals surface area (Å²) in [5.41, 5.74) is -2.15. The third kappa shape index (κ3) is 4.39. The van der Waals surface area contributed by atoms with Gasteiger partial charge in [-0.1, -0.05) is 17.7 Å². The number of anilines is 2. The second kappa shape index (κ2) is 7.40. The van der Waals surface area contributed by atoms with Crippen molar-refractivity contribution >= 4 is 29.1 Å². The summed E-state index contributed by atoms with van der Waals surface area (Å²) < 4.78 is 44.4. The SMILES string of the molecule is CCOC(=O)c1cc(C#N)c(Nc2cccc(Cl)c2)nc1C(F)(F)F. The molecular weight excluding hydrogens is 359 g/mol. The standard InChI is InChI=1S/C16H11ClF3N3O2/c1-2-25-15(24)12-6-9(8-21)14(23-13(12)16(18,19)20)22-11-5-3-4-10(17)7-11/h3-7H,2H2,1H3,(H,22,23). The average Bonchev–Trinajstić information content (AvgIpc) is 2.54. The normalized spacial score (nSPS) is 10.9. The van der Waals surface area contributed by atoms with Gasteiger partial charge in [0.2, 0.25) is 0 Å². The van der Waals surface area contributed by atoms with E-state index in [0.29, 0.717) is 10.7 Å². The second-order valence-corrected chi connectivity index (χ2v) is 5.18. The third-order valence-electron chi connectivity index (χ3n) is 2.99. The van der Waals surface area contributed by atoms with Crippen molar-refractivity contribution in [2.75, 3.05) is 11.9 Å². The number of esters is 1. The van der Waals surface area contributed by atoms with Crippen molar-refractivity contribution in [3.05, 3.63) is 52.2 Å². The molecule has 25 heavy (non-hydrogen) atoms. The van der Waals surface area contributed by atoms with Crippen molar-refractivity contribution < 1.29 is 22.7 Å². The number of halogens is 4. The summed E-state index contributed by atoms with van der Waals surface area (Å²) in [7, 11) is 0. The number of ether oxygens (including phenoxy) is 1. The van der Waals surface area contributed by atoms with Crippen LogP contribution >= 0.6 is 11.6 Å². The van der Waals surface area contributed by atoms with Crippen LogP contribution in [0.15, 0.2) is 30.3 Å². The Morgan fingerprint density at radius 2 is 2.12 bits per heavy atom. The number of carbonyl (C=O) groups is 1. The van der Waals surface area contributed by atoms with E-state index in [2.05, 4.69) is 15.0 Å². The molecule has 1 heterocycles. The van der Waals surface area contributed by atoms with Crippen LogP contribution in [0.3, 0.4) is 0 Å². The topological polar surface area (TPSA) is 75.0 Å². The number of hydrogen-bond acceptors (Lipinski definition) is 5. The van der Waals surface area contributed by atoms with Gasteiger partial charge in [0.1, 0.15) is 11.9 Å². The van der Waals surface area contributed by atoms with Crippen LogP contribution in [0.25, 0.3) is 0 Å². The van der Waals surface area contributed by atoms with E-state index in [-0.39, 0.29) is 18.0 Å². The van der Waals surface area contributed by atoms with Gasteiger partial charge in [-0.3, -0.25) is 0 Å². The molecule has 0 radical (unpaired) electrons. The summed E-state index contributed by atoms with van der Waals surface area (Å²) in [5.74, 6) is -1.54. The van der Waals surface area contributed by atoms with E-state index in [1.165, 1.54) is 13.0 Å². The molecule has 0 amide bonds. The number of alkyl halides is 3. The summed E-state index contributed by atoms with van der Waals surface area (Å²) in [6.45, 7) is 1.35. The molecular formula is C16H11ClF3N3O2. The molecule has 1 N–H and O–H groups in total.